The number of esters is 1. The van der Waals surface area contributed by atoms with E-state index >= 15 is 0 Å². The van der Waals surface area contributed by atoms with Crippen LogP contribution in [0, 0.1) is 22.7 Å². The van der Waals surface area contributed by atoms with Crippen molar-refractivity contribution in [2.24, 2.45) is 0 Å². The monoisotopic (exact) mass is 345 g/mol. The topological polar surface area (TPSA) is 87.5 Å². The Morgan fingerprint density at radius 1 is 1.15 bits per heavy atom. The summed E-state index contributed by atoms with van der Waals surface area (Å²) in [7, 11) is 0. The summed E-state index contributed by atoms with van der Waals surface area (Å²) in [5, 5.41) is 18.1. The molecule has 0 radical (unpaired) electrons. The molecule has 0 amide bonds. The van der Waals surface area contributed by atoms with Crippen LogP contribution in [0.1, 0.15) is 23.6 Å². The van der Waals surface area contributed by atoms with Crippen LogP contribution in [0.5, 0.6) is 5.75 Å². The lowest BCUT2D eigenvalue weighted by molar-refractivity contribution is -0.152. The van der Waals surface area contributed by atoms with Crippen LogP contribution >= 0.6 is 0 Å². The van der Waals surface area contributed by atoms with E-state index in [1.165, 1.54) is 0 Å². The molecular weight excluding hydrogens is 330 g/mol. The molecule has 26 heavy (non-hydrogen) atoms. The first kappa shape index (κ1) is 17.1. The van der Waals surface area contributed by atoms with Crippen molar-refractivity contribution in [3.63, 3.8) is 0 Å². The molecule has 0 fully saturated rings. The average molecular weight is 345 g/mol. The van der Waals surface area contributed by atoms with E-state index in [0.717, 1.165) is 5.52 Å². The fraction of sp³-hybridized carbons (Fsp3) is 0.150. The molecule has 6 nitrogen and oxygen atoms in total. The SMILES string of the molecule is CC(Oc1ccc(C#N)cc1)C(=O)OCc1cn2ccccc2c1C#N. The van der Waals surface area contributed by atoms with Gasteiger partial charge in [-0.2, -0.15) is 10.5 Å². The van der Waals surface area contributed by atoms with Gasteiger partial charge in [0.1, 0.15) is 18.4 Å². The summed E-state index contributed by atoms with van der Waals surface area (Å²) in [5.74, 6) is -0.0609. The van der Waals surface area contributed by atoms with Crippen LogP contribution < -0.4 is 4.74 Å². The Morgan fingerprint density at radius 2 is 1.92 bits per heavy atom. The number of hydrogen-bond acceptors (Lipinski definition) is 5. The van der Waals surface area contributed by atoms with Gasteiger partial charge in [-0.3, -0.25) is 0 Å². The lowest BCUT2D eigenvalue weighted by atomic mass is 10.2. The Bertz CT molecular complexity index is 1020. The van der Waals surface area contributed by atoms with E-state index in [1.807, 2.05) is 34.9 Å². The second-order valence-electron chi connectivity index (χ2n) is 5.64. The summed E-state index contributed by atoms with van der Waals surface area (Å²) in [6, 6.07) is 16.2. The van der Waals surface area contributed by atoms with Gasteiger partial charge in [-0.15, -0.1) is 0 Å². The minimum Gasteiger partial charge on any atom is -0.479 e. The number of pyridine rings is 1. The highest BCUT2D eigenvalue weighted by molar-refractivity contribution is 5.75. The normalized spacial score (nSPS) is 11.3. The number of rotatable bonds is 5. The smallest absolute Gasteiger partial charge is 0.347 e. The van der Waals surface area contributed by atoms with Crippen molar-refractivity contribution in [2.75, 3.05) is 0 Å². The first-order chi connectivity index (χ1) is 12.6. The number of carbonyl (C=O) groups excluding carboxylic acids is 1. The van der Waals surface area contributed by atoms with Gasteiger partial charge in [0, 0.05) is 18.0 Å². The fourth-order valence-electron chi connectivity index (χ4n) is 2.54. The molecule has 1 unspecified atom stereocenters. The maximum atomic E-state index is 12.2. The molecule has 0 N–H and O–H groups in total. The van der Waals surface area contributed by atoms with Crippen molar-refractivity contribution >= 4 is 11.5 Å². The molecule has 0 aliphatic carbocycles. The van der Waals surface area contributed by atoms with Crippen molar-refractivity contribution < 1.29 is 14.3 Å². The molecule has 0 spiro atoms. The molecule has 3 aromatic rings. The van der Waals surface area contributed by atoms with E-state index < -0.39 is 12.1 Å². The molecular formula is C20H15N3O3. The number of nitriles is 2. The van der Waals surface area contributed by atoms with Gasteiger partial charge >= 0.3 is 5.97 Å². The largest absolute Gasteiger partial charge is 0.479 e. The van der Waals surface area contributed by atoms with Gasteiger partial charge in [-0.1, -0.05) is 6.07 Å². The van der Waals surface area contributed by atoms with E-state index in [-0.39, 0.29) is 6.61 Å². The summed E-state index contributed by atoms with van der Waals surface area (Å²) in [5.41, 5.74) is 2.40. The average Bonchev–Trinajstić information content (AvgIpc) is 3.04. The third-order valence-corrected chi connectivity index (χ3v) is 3.87. The third-order valence-electron chi connectivity index (χ3n) is 3.87. The van der Waals surface area contributed by atoms with Gasteiger partial charge in [-0.05, 0) is 43.3 Å². The van der Waals surface area contributed by atoms with Gasteiger partial charge < -0.3 is 13.9 Å². The van der Waals surface area contributed by atoms with E-state index in [4.69, 9.17) is 14.7 Å². The van der Waals surface area contributed by atoms with E-state index in [0.29, 0.717) is 22.4 Å². The predicted molar refractivity (Wildman–Crippen MR) is 93.2 cm³/mol. The molecule has 2 heterocycles. The third kappa shape index (κ3) is 3.50. The molecule has 128 valence electrons. The summed E-state index contributed by atoms with van der Waals surface area (Å²) < 4.78 is 12.6. The molecule has 0 aliphatic heterocycles. The van der Waals surface area contributed by atoms with Gasteiger partial charge in [0.15, 0.2) is 6.10 Å². The van der Waals surface area contributed by atoms with Gasteiger partial charge in [0.25, 0.3) is 0 Å². The lowest BCUT2D eigenvalue weighted by Gasteiger charge is -2.13. The second kappa shape index (κ2) is 7.42. The van der Waals surface area contributed by atoms with Gasteiger partial charge in [0.05, 0.1) is 22.7 Å². The second-order valence-corrected chi connectivity index (χ2v) is 5.64. The van der Waals surface area contributed by atoms with Crippen LogP contribution in [0.15, 0.2) is 54.9 Å². The molecule has 0 saturated heterocycles. The highest BCUT2D eigenvalue weighted by Crippen LogP contribution is 2.19. The summed E-state index contributed by atoms with van der Waals surface area (Å²) in [4.78, 5) is 12.2. The Kier molecular flexibility index (Phi) is 4.87. The Balaban J connectivity index is 1.65. The molecule has 2 aromatic heterocycles. The molecule has 0 saturated carbocycles. The van der Waals surface area contributed by atoms with Gasteiger partial charge in [-0.25, -0.2) is 4.79 Å². The first-order valence-electron chi connectivity index (χ1n) is 7.94. The minimum atomic E-state index is -0.814. The highest BCUT2D eigenvalue weighted by atomic mass is 16.6. The zero-order valence-corrected chi connectivity index (χ0v) is 14.0. The minimum absolute atomic E-state index is 0.00945. The Labute approximate surface area is 150 Å². The molecule has 1 atom stereocenters. The van der Waals surface area contributed by atoms with Crippen molar-refractivity contribution in [2.45, 2.75) is 19.6 Å². The van der Waals surface area contributed by atoms with Crippen LogP contribution in [0.4, 0.5) is 0 Å². The van der Waals surface area contributed by atoms with Crippen LogP contribution in [0.3, 0.4) is 0 Å². The maximum Gasteiger partial charge on any atom is 0.347 e. The summed E-state index contributed by atoms with van der Waals surface area (Å²) >= 11 is 0. The number of carbonyl (C=O) groups is 1. The lowest BCUT2D eigenvalue weighted by Crippen LogP contribution is -2.26. The first-order valence-corrected chi connectivity index (χ1v) is 7.94. The summed E-state index contributed by atoms with van der Waals surface area (Å²) in [6.07, 6.45) is 2.79. The Hall–Kier alpha value is -3.77. The van der Waals surface area contributed by atoms with Crippen LogP contribution in [-0.4, -0.2) is 16.5 Å². The number of fused-ring (bicyclic) bond motifs is 1. The van der Waals surface area contributed by atoms with Crippen LogP contribution in [0.2, 0.25) is 0 Å². The number of nitrogens with zero attached hydrogens (tertiary/aromatic N) is 3. The number of aromatic nitrogens is 1. The van der Waals surface area contributed by atoms with Crippen LogP contribution in [-0.2, 0) is 16.1 Å². The molecule has 6 heteroatoms. The molecule has 0 aliphatic rings. The van der Waals surface area contributed by atoms with Crippen molar-refractivity contribution in [1.82, 2.24) is 4.40 Å². The fourth-order valence-corrected chi connectivity index (χ4v) is 2.54. The van der Waals surface area contributed by atoms with Crippen LogP contribution in [0.25, 0.3) is 5.52 Å². The Morgan fingerprint density at radius 3 is 2.62 bits per heavy atom. The molecule has 1 aromatic carbocycles. The maximum absolute atomic E-state index is 12.2. The quantitative estimate of drug-likeness (QED) is 0.663. The number of ether oxygens (including phenoxy) is 2. The standard InChI is InChI=1S/C20H15N3O3/c1-14(26-17-7-5-15(10-21)6-8-17)20(24)25-13-16-12-23-9-3-2-4-19(23)18(16)11-22/h2-9,12,14H,13H2,1H3. The van der Waals surface area contributed by atoms with E-state index in [2.05, 4.69) is 6.07 Å². The van der Waals surface area contributed by atoms with Crippen molar-refractivity contribution in [3.8, 4) is 17.9 Å². The van der Waals surface area contributed by atoms with E-state index in [1.54, 1.807) is 37.4 Å². The van der Waals surface area contributed by atoms with E-state index in [9.17, 15) is 10.1 Å². The number of hydrogen-bond donors (Lipinski definition) is 0. The number of benzene rings is 1. The van der Waals surface area contributed by atoms with Crippen molar-refractivity contribution in [1.29, 1.82) is 10.5 Å². The summed E-state index contributed by atoms with van der Waals surface area (Å²) in [6.45, 7) is 1.58. The highest BCUT2D eigenvalue weighted by Gasteiger charge is 2.18. The zero-order valence-electron chi connectivity index (χ0n) is 14.0. The predicted octanol–water partition coefficient (Wildman–Crippen LogP) is 3.19. The molecule has 0 bridgehead atoms. The van der Waals surface area contributed by atoms with Crippen molar-refractivity contribution in [3.05, 3.63) is 71.5 Å². The molecule has 3 rings (SSSR count). The van der Waals surface area contributed by atoms with Gasteiger partial charge in [0.2, 0.25) is 0 Å². The zero-order chi connectivity index (χ0) is 18.5.